The third-order valence-corrected chi connectivity index (χ3v) is 6.75. The van der Waals surface area contributed by atoms with E-state index in [-0.39, 0.29) is 17.7 Å². The van der Waals surface area contributed by atoms with Crippen molar-refractivity contribution in [1.82, 2.24) is 4.90 Å². The van der Waals surface area contributed by atoms with Gasteiger partial charge in [0.25, 0.3) is 11.1 Å². The molecule has 1 saturated heterocycles. The van der Waals surface area contributed by atoms with Gasteiger partial charge in [-0.05, 0) is 57.9 Å². The molecule has 4 nitrogen and oxygen atoms in total. The number of imide groups is 1. The number of halogens is 1. The van der Waals surface area contributed by atoms with Crippen LogP contribution in [0.15, 0.2) is 95.9 Å². The Morgan fingerprint density at radius 2 is 1.59 bits per heavy atom. The third-order valence-electron chi connectivity index (χ3n) is 5.60. The number of hydrogen-bond donors (Lipinski definition) is 0. The van der Waals surface area contributed by atoms with Crippen LogP contribution in [0.4, 0.5) is 4.79 Å². The molecule has 4 aromatic carbocycles. The molecule has 0 spiro atoms. The predicted molar refractivity (Wildman–Crippen MR) is 138 cm³/mol. The maximum Gasteiger partial charge on any atom is 0.293 e. The summed E-state index contributed by atoms with van der Waals surface area (Å²) in [6.45, 7) is 0.600. The van der Waals surface area contributed by atoms with Crippen molar-refractivity contribution < 1.29 is 14.3 Å². The number of thioether (sulfide) groups is 1. The van der Waals surface area contributed by atoms with Gasteiger partial charge >= 0.3 is 0 Å². The molecule has 0 aliphatic carbocycles. The largest absolute Gasteiger partial charge is 0.488 e. The summed E-state index contributed by atoms with van der Waals surface area (Å²) < 4.78 is 6.00. The molecule has 2 amide bonds. The minimum Gasteiger partial charge on any atom is -0.488 e. The molecule has 168 valence electrons. The van der Waals surface area contributed by atoms with E-state index in [9.17, 15) is 9.59 Å². The Hall–Kier alpha value is -3.54. The van der Waals surface area contributed by atoms with Gasteiger partial charge in [-0.15, -0.1) is 0 Å². The zero-order valence-electron chi connectivity index (χ0n) is 18.1. The van der Waals surface area contributed by atoms with Crippen LogP contribution in [0.5, 0.6) is 5.75 Å². The minimum absolute atomic E-state index is 0.234. The van der Waals surface area contributed by atoms with E-state index in [0.29, 0.717) is 22.3 Å². The average Bonchev–Trinajstić information content (AvgIpc) is 3.12. The number of benzene rings is 4. The van der Waals surface area contributed by atoms with Crippen LogP contribution in [-0.2, 0) is 17.9 Å². The smallest absolute Gasteiger partial charge is 0.293 e. The molecular formula is C28H20ClNO3S. The molecule has 1 fully saturated rings. The van der Waals surface area contributed by atoms with Crippen molar-refractivity contribution in [1.29, 1.82) is 0 Å². The third kappa shape index (κ3) is 4.72. The van der Waals surface area contributed by atoms with E-state index in [0.717, 1.165) is 39.2 Å². The van der Waals surface area contributed by atoms with Crippen LogP contribution in [0.1, 0.15) is 16.7 Å². The number of rotatable bonds is 6. The van der Waals surface area contributed by atoms with E-state index in [4.69, 9.17) is 16.3 Å². The fraction of sp³-hybridized carbons (Fsp3) is 0.0714. The highest BCUT2D eigenvalue weighted by Gasteiger charge is 2.35. The van der Waals surface area contributed by atoms with Crippen molar-refractivity contribution in [2.45, 2.75) is 13.2 Å². The molecule has 1 heterocycles. The topological polar surface area (TPSA) is 46.6 Å². The summed E-state index contributed by atoms with van der Waals surface area (Å²) in [5.74, 6) is 0.341. The number of carbonyl (C=O) groups excluding carboxylic acids is 2. The van der Waals surface area contributed by atoms with Crippen molar-refractivity contribution in [3.05, 3.63) is 118 Å². The molecule has 1 aliphatic rings. The minimum atomic E-state index is -0.296. The monoisotopic (exact) mass is 485 g/mol. The van der Waals surface area contributed by atoms with Crippen molar-refractivity contribution >= 4 is 51.4 Å². The van der Waals surface area contributed by atoms with Gasteiger partial charge in [0.1, 0.15) is 12.4 Å². The van der Waals surface area contributed by atoms with E-state index in [2.05, 4.69) is 0 Å². The number of para-hydroxylation sites is 1. The highest BCUT2D eigenvalue weighted by Crippen LogP contribution is 2.35. The lowest BCUT2D eigenvalue weighted by molar-refractivity contribution is -0.123. The molecule has 0 radical (unpaired) electrons. The van der Waals surface area contributed by atoms with E-state index in [1.165, 1.54) is 4.90 Å². The average molecular weight is 486 g/mol. The number of carbonyl (C=O) groups is 2. The molecule has 1 aliphatic heterocycles. The molecule has 34 heavy (non-hydrogen) atoms. The van der Waals surface area contributed by atoms with Gasteiger partial charge in [0, 0.05) is 10.6 Å². The molecule has 0 atom stereocenters. The van der Waals surface area contributed by atoms with Crippen LogP contribution in [0.25, 0.3) is 16.8 Å². The molecule has 0 N–H and O–H groups in total. The van der Waals surface area contributed by atoms with Crippen LogP contribution in [0, 0.1) is 0 Å². The highest BCUT2D eigenvalue weighted by molar-refractivity contribution is 8.18. The van der Waals surface area contributed by atoms with Crippen LogP contribution < -0.4 is 4.74 Å². The molecule has 0 unspecified atom stereocenters. The molecule has 5 rings (SSSR count). The predicted octanol–water partition coefficient (Wildman–Crippen LogP) is 7.31. The van der Waals surface area contributed by atoms with E-state index in [1.54, 1.807) is 6.08 Å². The summed E-state index contributed by atoms with van der Waals surface area (Å²) in [7, 11) is 0. The zero-order chi connectivity index (χ0) is 23.5. The van der Waals surface area contributed by atoms with Gasteiger partial charge in [-0.1, -0.05) is 84.4 Å². The Labute approximate surface area is 206 Å². The SMILES string of the molecule is O=C1S/C(=C\c2ccccc2OCc2ccc(Cl)cc2)C(=O)N1Cc1cccc2ccccc12. The van der Waals surface area contributed by atoms with E-state index >= 15 is 0 Å². The van der Waals surface area contributed by atoms with Crippen molar-refractivity contribution in [2.75, 3.05) is 0 Å². The van der Waals surface area contributed by atoms with Crippen molar-refractivity contribution in [3.63, 3.8) is 0 Å². The Morgan fingerprint density at radius 1 is 0.853 bits per heavy atom. The summed E-state index contributed by atoms with van der Waals surface area (Å²) in [4.78, 5) is 27.6. The van der Waals surface area contributed by atoms with Crippen molar-refractivity contribution in [3.8, 4) is 5.75 Å². The van der Waals surface area contributed by atoms with Crippen LogP contribution >= 0.6 is 23.4 Å². The molecule has 0 bridgehead atoms. The van der Waals surface area contributed by atoms with Gasteiger partial charge in [-0.3, -0.25) is 14.5 Å². The maximum atomic E-state index is 13.1. The van der Waals surface area contributed by atoms with Crippen LogP contribution in [0.3, 0.4) is 0 Å². The first kappa shape index (κ1) is 22.3. The number of ether oxygens (including phenoxy) is 1. The second-order valence-corrected chi connectivity index (χ2v) is 9.29. The molecule has 0 saturated carbocycles. The summed E-state index contributed by atoms with van der Waals surface area (Å²) in [5.41, 5.74) is 2.66. The second-order valence-electron chi connectivity index (χ2n) is 7.86. The second kappa shape index (κ2) is 9.75. The normalized spacial score (nSPS) is 14.9. The molecular weight excluding hydrogens is 466 g/mol. The number of nitrogens with zero attached hydrogens (tertiary/aromatic N) is 1. The van der Waals surface area contributed by atoms with E-state index < -0.39 is 0 Å². The van der Waals surface area contributed by atoms with Gasteiger partial charge in [0.15, 0.2) is 0 Å². The first-order valence-corrected chi connectivity index (χ1v) is 12.0. The standard InChI is InChI=1S/C28H20ClNO3S/c29-23-14-12-19(13-15-23)18-33-25-11-4-2-7-21(25)16-26-27(31)30(28(32)34-26)17-22-9-5-8-20-6-1-3-10-24(20)22/h1-16H,17-18H2/b26-16-. The lowest BCUT2D eigenvalue weighted by Gasteiger charge is -2.14. The van der Waals surface area contributed by atoms with Gasteiger partial charge in [0.05, 0.1) is 11.4 Å². The summed E-state index contributed by atoms with van der Waals surface area (Å²) >= 11 is 6.91. The number of fused-ring (bicyclic) bond motifs is 1. The maximum absolute atomic E-state index is 13.1. The highest BCUT2D eigenvalue weighted by atomic mass is 35.5. The molecule has 6 heteroatoms. The summed E-state index contributed by atoms with van der Waals surface area (Å²) in [6.07, 6.45) is 1.73. The van der Waals surface area contributed by atoms with Crippen LogP contribution in [-0.4, -0.2) is 16.0 Å². The van der Waals surface area contributed by atoms with Gasteiger partial charge in [-0.2, -0.15) is 0 Å². The molecule has 4 aromatic rings. The van der Waals surface area contributed by atoms with Gasteiger partial charge < -0.3 is 4.74 Å². The first-order chi connectivity index (χ1) is 16.6. The number of amides is 2. The summed E-state index contributed by atoms with van der Waals surface area (Å²) in [6, 6.07) is 28.8. The van der Waals surface area contributed by atoms with E-state index in [1.807, 2.05) is 91.0 Å². The fourth-order valence-electron chi connectivity index (χ4n) is 3.85. The van der Waals surface area contributed by atoms with Gasteiger partial charge in [0.2, 0.25) is 0 Å². The Bertz CT molecular complexity index is 1410. The van der Waals surface area contributed by atoms with Crippen molar-refractivity contribution in [2.24, 2.45) is 0 Å². The fourth-order valence-corrected chi connectivity index (χ4v) is 4.81. The molecule has 0 aromatic heterocycles. The Morgan fingerprint density at radius 3 is 2.44 bits per heavy atom. The first-order valence-electron chi connectivity index (χ1n) is 10.8. The van der Waals surface area contributed by atoms with Crippen LogP contribution in [0.2, 0.25) is 5.02 Å². The summed E-state index contributed by atoms with van der Waals surface area (Å²) in [5, 5.41) is 2.51. The lowest BCUT2D eigenvalue weighted by Crippen LogP contribution is -2.27. The lowest BCUT2D eigenvalue weighted by atomic mass is 10.0. The number of hydrogen-bond acceptors (Lipinski definition) is 4. The quantitative estimate of drug-likeness (QED) is 0.269. The van der Waals surface area contributed by atoms with Gasteiger partial charge in [-0.25, -0.2) is 0 Å². The Balaban J connectivity index is 1.36. The Kier molecular flexibility index (Phi) is 6.39. The zero-order valence-corrected chi connectivity index (χ0v) is 19.7.